The molecule has 1 aromatic rings. The molecule has 7 heteroatoms. The predicted molar refractivity (Wildman–Crippen MR) is 107 cm³/mol. The Labute approximate surface area is 166 Å². The Morgan fingerprint density at radius 2 is 1.74 bits per heavy atom. The molecule has 0 bridgehead atoms. The molecule has 27 heavy (non-hydrogen) atoms. The van der Waals surface area contributed by atoms with Gasteiger partial charge in [0.1, 0.15) is 0 Å². The van der Waals surface area contributed by atoms with Crippen molar-refractivity contribution in [1.29, 1.82) is 0 Å². The van der Waals surface area contributed by atoms with E-state index in [4.69, 9.17) is 11.6 Å². The van der Waals surface area contributed by atoms with Crippen molar-refractivity contribution in [3.63, 3.8) is 0 Å². The summed E-state index contributed by atoms with van der Waals surface area (Å²) in [5.74, 6) is -0.230. The van der Waals surface area contributed by atoms with Crippen molar-refractivity contribution in [1.82, 2.24) is 20.4 Å². The molecule has 0 spiro atoms. The standard InChI is InChI=1S/C20H29ClN4O2/c21-17-6-4-5-16(13-17)14-24-9-11-25(12-10-24)15-19(26)23-20(27)22-18-7-2-1-3-8-18/h4-6,13,18H,1-3,7-12,14-15H2,(H2,22,23,26,27). The third kappa shape index (κ3) is 6.79. The lowest BCUT2D eigenvalue weighted by atomic mass is 9.96. The number of benzene rings is 1. The largest absolute Gasteiger partial charge is 0.335 e. The quantitative estimate of drug-likeness (QED) is 0.808. The van der Waals surface area contributed by atoms with E-state index in [9.17, 15) is 9.59 Å². The number of piperazine rings is 1. The molecule has 2 aliphatic rings. The van der Waals surface area contributed by atoms with Gasteiger partial charge in [0.25, 0.3) is 0 Å². The number of rotatable bonds is 5. The molecule has 6 nitrogen and oxygen atoms in total. The first-order valence-electron chi connectivity index (χ1n) is 9.88. The van der Waals surface area contributed by atoms with Gasteiger partial charge in [-0.25, -0.2) is 4.79 Å². The number of carbonyl (C=O) groups is 2. The van der Waals surface area contributed by atoms with Crippen LogP contribution in [0.1, 0.15) is 37.7 Å². The Bertz CT molecular complexity index is 641. The Morgan fingerprint density at radius 3 is 2.44 bits per heavy atom. The number of imide groups is 1. The van der Waals surface area contributed by atoms with E-state index < -0.39 is 0 Å². The lowest BCUT2D eigenvalue weighted by molar-refractivity contribution is -0.121. The van der Waals surface area contributed by atoms with Crippen molar-refractivity contribution in [2.75, 3.05) is 32.7 Å². The highest BCUT2D eigenvalue weighted by Gasteiger charge is 2.21. The summed E-state index contributed by atoms with van der Waals surface area (Å²) in [5.41, 5.74) is 1.20. The summed E-state index contributed by atoms with van der Waals surface area (Å²) in [7, 11) is 0. The second-order valence-electron chi connectivity index (χ2n) is 7.54. The minimum absolute atomic E-state index is 0.210. The number of amides is 3. The van der Waals surface area contributed by atoms with Crippen molar-refractivity contribution in [2.24, 2.45) is 0 Å². The van der Waals surface area contributed by atoms with Crippen LogP contribution in [0.25, 0.3) is 0 Å². The number of halogens is 1. The SMILES string of the molecule is O=C(CN1CCN(Cc2cccc(Cl)c2)CC1)NC(=O)NC1CCCCC1. The van der Waals surface area contributed by atoms with Gasteiger partial charge in [0, 0.05) is 43.8 Å². The Morgan fingerprint density at radius 1 is 1.04 bits per heavy atom. The van der Waals surface area contributed by atoms with Gasteiger partial charge in [-0.1, -0.05) is 43.0 Å². The van der Waals surface area contributed by atoms with E-state index in [1.165, 1.54) is 12.0 Å². The molecule has 1 aromatic carbocycles. The van der Waals surface area contributed by atoms with Crippen molar-refractivity contribution in [2.45, 2.75) is 44.7 Å². The Kier molecular flexibility index (Phi) is 7.50. The fraction of sp³-hybridized carbons (Fsp3) is 0.600. The maximum Gasteiger partial charge on any atom is 0.321 e. The number of carbonyl (C=O) groups excluding carboxylic acids is 2. The second kappa shape index (κ2) is 10.1. The molecule has 0 aromatic heterocycles. The van der Waals surface area contributed by atoms with Gasteiger partial charge in [-0.15, -0.1) is 0 Å². The van der Waals surface area contributed by atoms with E-state index >= 15 is 0 Å². The molecule has 2 N–H and O–H groups in total. The predicted octanol–water partition coefficient (Wildman–Crippen LogP) is 2.62. The highest BCUT2D eigenvalue weighted by Crippen LogP contribution is 2.17. The lowest BCUT2D eigenvalue weighted by Gasteiger charge is -2.34. The number of urea groups is 1. The smallest absolute Gasteiger partial charge is 0.321 e. The Balaban J connectivity index is 1.34. The van der Waals surface area contributed by atoms with Gasteiger partial charge < -0.3 is 5.32 Å². The first-order valence-corrected chi connectivity index (χ1v) is 10.3. The summed E-state index contributed by atoms with van der Waals surface area (Å²) in [5, 5.41) is 6.15. The summed E-state index contributed by atoms with van der Waals surface area (Å²) in [6, 6.07) is 7.78. The highest BCUT2D eigenvalue weighted by molar-refractivity contribution is 6.30. The van der Waals surface area contributed by atoms with E-state index in [2.05, 4.69) is 26.5 Å². The maximum atomic E-state index is 12.1. The molecule has 0 atom stereocenters. The molecule has 3 rings (SSSR count). The van der Waals surface area contributed by atoms with E-state index in [-0.39, 0.29) is 24.5 Å². The van der Waals surface area contributed by atoms with E-state index in [0.29, 0.717) is 0 Å². The van der Waals surface area contributed by atoms with Crippen molar-refractivity contribution in [3.05, 3.63) is 34.9 Å². The fourth-order valence-corrected chi connectivity index (χ4v) is 4.05. The van der Waals surface area contributed by atoms with Gasteiger partial charge in [-0.3, -0.25) is 19.9 Å². The molecule has 1 saturated carbocycles. The topological polar surface area (TPSA) is 64.7 Å². The van der Waals surface area contributed by atoms with Crippen LogP contribution in [-0.2, 0) is 11.3 Å². The Hall–Kier alpha value is -1.63. The highest BCUT2D eigenvalue weighted by atomic mass is 35.5. The maximum absolute atomic E-state index is 12.1. The number of hydrogen-bond acceptors (Lipinski definition) is 4. The first-order chi connectivity index (χ1) is 13.1. The average Bonchev–Trinajstić information content (AvgIpc) is 2.64. The van der Waals surface area contributed by atoms with E-state index in [0.717, 1.165) is 63.4 Å². The van der Waals surface area contributed by atoms with Crippen molar-refractivity contribution < 1.29 is 9.59 Å². The summed E-state index contributed by atoms with van der Waals surface area (Å²) in [4.78, 5) is 28.5. The summed E-state index contributed by atoms with van der Waals surface area (Å²) < 4.78 is 0. The zero-order chi connectivity index (χ0) is 19.1. The molecule has 3 amide bonds. The van der Waals surface area contributed by atoms with Crippen LogP contribution in [0.4, 0.5) is 4.79 Å². The molecule has 2 fully saturated rings. The second-order valence-corrected chi connectivity index (χ2v) is 7.98. The van der Waals surface area contributed by atoms with Crippen molar-refractivity contribution >= 4 is 23.5 Å². The van der Waals surface area contributed by atoms with Gasteiger partial charge in [0.05, 0.1) is 6.54 Å². The first kappa shape index (κ1) is 20.1. The lowest BCUT2D eigenvalue weighted by Crippen LogP contribution is -2.51. The van der Waals surface area contributed by atoms with Crippen LogP contribution >= 0.6 is 11.6 Å². The minimum Gasteiger partial charge on any atom is -0.335 e. The summed E-state index contributed by atoms with van der Waals surface area (Å²) in [6.45, 7) is 4.56. The fourth-order valence-electron chi connectivity index (χ4n) is 3.84. The molecule has 148 valence electrons. The third-order valence-corrected chi connectivity index (χ3v) is 5.56. The van der Waals surface area contributed by atoms with Gasteiger partial charge in [-0.05, 0) is 30.5 Å². The van der Waals surface area contributed by atoms with Crippen LogP contribution in [0.15, 0.2) is 24.3 Å². The molecule has 1 saturated heterocycles. The van der Waals surface area contributed by atoms with Crippen LogP contribution in [0.2, 0.25) is 5.02 Å². The van der Waals surface area contributed by atoms with Gasteiger partial charge >= 0.3 is 6.03 Å². The minimum atomic E-state index is -0.355. The molecule has 1 aliphatic carbocycles. The van der Waals surface area contributed by atoms with Crippen LogP contribution in [0.3, 0.4) is 0 Å². The van der Waals surface area contributed by atoms with Crippen molar-refractivity contribution in [3.8, 4) is 0 Å². The molecular formula is C20H29ClN4O2. The zero-order valence-corrected chi connectivity index (χ0v) is 16.5. The van der Waals surface area contributed by atoms with E-state index in [1.807, 2.05) is 18.2 Å². The zero-order valence-electron chi connectivity index (χ0n) is 15.8. The molecule has 1 heterocycles. The molecular weight excluding hydrogens is 364 g/mol. The number of hydrogen-bond donors (Lipinski definition) is 2. The van der Waals surface area contributed by atoms with E-state index in [1.54, 1.807) is 0 Å². The van der Waals surface area contributed by atoms with Gasteiger partial charge in [0.15, 0.2) is 0 Å². The normalized spacial score (nSPS) is 19.6. The summed E-state index contributed by atoms with van der Waals surface area (Å²) >= 11 is 6.04. The number of nitrogens with zero attached hydrogens (tertiary/aromatic N) is 2. The third-order valence-electron chi connectivity index (χ3n) is 5.32. The van der Waals surface area contributed by atoms with Gasteiger partial charge in [0.2, 0.25) is 5.91 Å². The van der Waals surface area contributed by atoms with Crippen LogP contribution in [0, 0.1) is 0 Å². The number of nitrogens with one attached hydrogen (secondary N) is 2. The van der Waals surface area contributed by atoms with Gasteiger partial charge in [-0.2, -0.15) is 0 Å². The average molecular weight is 393 g/mol. The van der Waals surface area contributed by atoms with Crippen LogP contribution < -0.4 is 10.6 Å². The molecule has 0 unspecified atom stereocenters. The molecule has 1 aliphatic heterocycles. The molecule has 0 radical (unpaired) electrons. The summed E-state index contributed by atoms with van der Waals surface area (Å²) in [6.07, 6.45) is 5.56. The van der Waals surface area contributed by atoms with Crippen LogP contribution in [0.5, 0.6) is 0 Å². The van der Waals surface area contributed by atoms with Crippen LogP contribution in [-0.4, -0.2) is 60.5 Å². The monoisotopic (exact) mass is 392 g/mol.